The van der Waals surface area contributed by atoms with Gasteiger partial charge in [-0.3, -0.25) is 4.79 Å². The van der Waals surface area contributed by atoms with Gasteiger partial charge in [-0.25, -0.2) is 8.78 Å². The molecule has 0 atom stereocenters. The average Bonchev–Trinajstić information content (AvgIpc) is 2.16. The average molecular weight is 227 g/mol. The molecular formula is C11H11F2NO2. The van der Waals surface area contributed by atoms with Crippen LogP contribution in [0.1, 0.15) is 18.4 Å². The van der Waals surface area contributed by atoms with Crippen LogP contribution in [0.4, 0.5) is 8.78 Å². The SMILES string of the molecule is NC1(C(=O)O)CC(F)(c2ccc(F)cc2)C1. The first-order valence-electron chi connectivity index (χ1n) is 4.83. The second kappa shape index (κ2) is 3.25. The number of hydrogen-bond acceptors (Lipinski definition) is 2. The molecule has 16 heavy (non-hydrogen) atoms. The van der Waals surface area contributed by atoms with Crippen molar-refractivity contribution in [1.82, 2.24) is 0 Å². The van der Waals surface area contributed by atoms with Crippen LogP contribution in [0.2, 0.25) is 0 Å². The number of rotatable bonds is 2. The molecule has 2 rings (SSSR count). The summed E-state index contributed by atoms with van der Waals surface area (Å²) in [6.45, 7) is 0. The Labute approximate surface area is 90.9 Å². The highest BCUT2D eigenvalue weighted by atomic mass is 19.1. The van der Waals surface area contributed by atoms with Crippen LogP contribution in [0.3, 0.4) is 0 Å². The second-order valence-electron chi connectivity index (χ2n) is 4.29. The van der Waals surface area contributed by atoms with E-state index in [0.29, 0.717) is 0 Å². The van der Waals surface area contributed by atoms with E-state index in [1.54, 1.807) is 0 Å². The number of halogens is 2. The minimum absolute atomic E-state index is 0.274. The van der Waals surface area contributed by atoms with E-state index in [1.807, 2.05) is 0 Å². The molecule has 0 heterocycles. The molecular weight excluding hydrogens is 216 g/mol. The molecule has 0 radical (unpaired) electrons. The number of nitrogens with two attached hydrogens (primary N) is 1. The van der Waals surface area contributed by atoms with Crippen molar-refractivity contribution in [3.05, 3.63) is 35.6 Å². The maximum absolute atomic E-state index is 14.2. The fraction of sp³-hybridized carbons (Fsp3) is 0.364. The molecule has 1 fully saturated rings. The van der Waals surface area contributed by atoms with Gasteiger partial charge in [0.2, 0.25) is 0 Å². The van der Waals surface area contributed by atoms with E-state index < -0.39 is 23.0 Å². The number of alkyl halides is 1. The summed E-state index contributed by atoms with van der Waals surface area (Å²) in [5, 5.41) is 8.76. The molecule has 3 nitrogen and oxygen atoms in total. The molecule has 86 valence electrons. The van der Waals surface area contributed by atoms with Crippen LogP contribution in [0.15, 0.2) is 24.3 Å². The van der Waals surface area contributed by atoms with Crippen molar-refractivity contribution >= 4 is 5.97 Å². The molecule has 0 spiro atoms. The number of hydrogen-bond donors (Lipinski definition) is 2. The largest absolute Gasteiger partial charge is 0.480 e. The third-order valence-electron chi connectivity index (χ3n) is 2.98. The van der Waals surface area contributed by atoms with Crippen LogP contribution >= 0.6 is 0 Å². The summed E-state index contributed by atoms with van der Waals surface area (Å²) in [6.07, 6.45) is -0.554. The monoisotopic (exact) mass is 227 g/mol. The van der Waals surface area contributed by atoms with Crippen LogP contribution in [0.5, 0.6) is 0 Å². The van der Waals surface area contributed by atoms with Crippen molar-refractivity contribution in [3.63, 3.8) is 0 Å². The quantitative estimate of drug-likeness (QED) is 0.806. The number of aliphatic carboxylic acids is 1. The van der Waals surface area contributed by atoms with Gasteiger partial charge in [0.25, 0.3) is 0 Å². The molecule has 0 amide bonds. The third kappa shape index (κ3) is 1.57. The summed E-state index contributed by atoms with van der Waals surface area (Å²) in [5.41, 5.74) is 2.50. The number of carboxylic acids is 1. The van der Waals surface area contributed by atoms with E-state index in [9.17, 15) is 13.6 Å². The Morgan fingerprint density at radius 2 is 1.81 bits per heavy atom. The van der Waals surface area contributed by atoms with Crippen LogP contribution < -0.4 is 5.73 Å². The predicted molar refractivity (Wildman–Crippen MR) is 53.0 cm³/mol. The molecule has 3 N–H and O–H groups in total. The smallest absolute Gasteiger partial charge is 0.323 e. The van der Waals surface area contributed by atoms with Gasteiger partial charge in [-0.2, -0.15) is 0 Å². The third-order valence-corrected chi connectivity index (χ3v) is 2.98. The maximum atomic E-state index is 14.2. The number of carboxylic acid groups (broad SMARTS) is 1. The Bertz CT molecular complexity index is 424. The summed E-state index contributed by atoms with van der Waals surface area (Å²) in [5.74, 6) is -1.66. The van der Waals surface area contributed by atoms with Crippen molar-refractivity contribution in [3.8, 4) is 0 Å². The Morgan fingerprint density at radius 3 is 2.25 bits per heavy atom. The fourth-order valence-electron chi connectivity index (χ4n) is 2.05. The van der Waals surface area contributed by atoms with Gasteiger partial charge in [0.05, 0.1) is 0 Å². The molecule has 1 aromatic carbocycles. The first-order valence-corrected chi connectivity index (χ1v) is 4.83. The highest BCUT2D eigenvalue weighted by Gasteiger charge is 2.58. The number of benzene rings is 1. The fourth-order valence-corrected chi connectivity index (χ4v) is 2.05. The lowest BCUT2D eigenvalue weighted by atomic mass is 9.64. The van der Waals surface area contributed by atoms with E-state index in [4.69, 9.17) is 10.8 Å². The highest BCUT2D eigenvalue weighted by Crippen LogP contribution is 2.50. The van der Waals surface area contributed by atoms with Gasteiger partial charge < -0.3 is 10.8 Å². The van der Waals surface area contributed by atoms with Crippen LogP contribution in [-0.4, -0.2) is 16.6 Å². The van der Waals surface area contributed by atoms with E-state index >= 15 is 0 Å². The molecule has 1 saturated carbocycles. The van der Waals surface area contributed by atoms with Crippen LogP contribution in [0, 0.1) is 5.82 Å². The molecule has 0 aromatic heterocycles. The van der Waals surface area contributed by atoms with E-state index in [2.05, 4.69) is 0 Å². The maximum Gasteiger partial charge on any atom is 0.323 e. The molecule has 1 aliphatic carbocycles. The van der Waals surface area contributed by atoms with E-state index in [-0.39, 0.29) is 18.4 Å². The van der Waals surface area contributed by atoms with E-state index in [0.717, 1.165) is 12.1 Å². The molecule has 0 unspecified atom stereocenters. The highest BCUT2D eigenvalue weighted by molar-refractivity contribution is 5.80. The minimum Gasteiger partial charge on any atom is -0.480 e. The molecule has 1 aliphatic rings. The summed E-state index contributed by atoms with van der Waals surface area (Å²) in [7, 11) is 0. The molecule has 0 aliphatic heterocycles. The van der Waals surface area contributed by atoms with E-state index in [1.165, 1.54) is 12.1 Å². The van der Waals surface area contributed by atoms with Crippen molar-refractivity contribution in [2.75, 3.05) is 0 Å². The summed E-state index contributed by atoms with van der Waals surface area (Å²) >= 11 is 0. The first kappa shape index (κ1) is 11.0. The lowest BCUT2D eigenvalue weighted by Gasteiger charge is -2.46. The molecule has 1 aromatic rings. The van der Waals surface area contributed by atoms with Gasteiger partial charge in [-0.1, -0.05) is 12.1 Å². The minimum atomic E-state index is -1.75. The van der Waals surface area contributed by atoms with Gasteiger partial charge in [0.1, 0.15) is 17.0 Å². The number of carbonyl (C=O) groups is 1. The lowest BCUT2D eigenvalue weighted by molar-refractivity contribution is -0.155. The summed E-state index contributed by atoms with van der Waals surface area (Å²) in [4.78, 5) is 10.7. The zero-order valence-corrected chi connectivity index (χ0v) is 8.41. The second-order valence-corrected chi connectivity index (χ2v) is 4.29. The van der Waals surface area contributed by atoms with Crippen molar-refractivity contribution in [1.29, 1.82) is 0 Å². The Kier molecular flexibility index (Phi) is 2.24. The normalized spacial score (nSPS) is 33.2. The van der Waals surface area contributed by atoms with Crippen LogP contribution in [0.25, 0.3) is 0 Å². The molecule has 0 saturated heterocycles. The standard InChI is InChI=1S/C11H11F2NO2/c12-8-3-1-7(2-4-8)10(13)5-11(14,6-10)9(15)16/h1-4H,5-6,14H2,(H,15,16). The Hall–Kier alpha value is -1.49. The van der Waals surface area contributed by atoms with Gasteiger partial charge in [0, 0.05) is 12.8 Å². The predicted octanol–water partition coefficient (Wildman–Crippen LogP) is 1.57. The van der Waals surface area contributed by atoms with Gasteiger partial charge in [0.15, 0.2) is 0 Å². The van der Waals surface area contributed by atoms with Gasteiger partial charge in [-0.15, -0.1) is 0 Å². The topological polar surface area (TPSA) is 63.3 Å². The zero-order valence-electron chi connectivity index (χ0n) is 8.41. The lowest BCUT2D eigenvalue weighted by Crippen LogP contribution is -2.63. The zero-order chi connectivity index (χ0) is 12.0. The Balaban J connectivity index is 2.19. The first-order chi connectivity index (χ1) is 7.36. The molecule has 0 bridgehead atoms. The Morgan fingerprint density at radius 1 is 1.31 bits per heavy atom. The van der Waals surface area contributed by atoms with Crippen LogP contribution in [-0.2, 0) is 10.5 Å². The van der Waals surface area contributed by atoms with Crippen molar-refractivity contribution in [2.45, 2.75) is 24.0 Å². The van der Waals surface area contributed by atoms with Crippen molar-refractivity contribution in [2.24, 2.45) is 5.73 Å². The summed E-state index contributed by atoms with van der Waals surface area (Å²) in [6, 6.07) is 4.93. The van der Waals surface area contributed by atoms with Crippen molar-refractivity contribution < 1.29 is 18.7 Å². The van der Waals surface area contributed by atoms with Gasteiger partial charge >= 0.3 is 5.97 Å². The summed E-state index contributed by atoms with van der Waals surface area (Å²) < 4.78 is 26.8. The molecule has 5 heteroatoms. The van der Waals surface area contributed by atoms with Gasteiger partial charge in [-0.05, 0) is 17.7 Å².